The van der Waals surface area contributed by atoms with E-state index in [1.54, 1.807) is 0 Å². The van der Waals surface area contributed by atoms with Gasteiger partial charge in [-0.3, -0.25) is 0 Å². The van der Waals surface area contributed by atoms with E-state index in [4.69, 9.17) is 0 Å². The molecule has 0 aromatic carbocycles. The Bertz CT molecular complexity index is 180. The number of hydrogen-bond donors (Lipinski definition) is 2. The van der Waals surface area contributed by atoms with Gasteiger partial charge in [0.1, 0.15) is 0 Å². The highest BCUT2D eigenvalue weighted by Crippen LogP contribution is 2.09. The van der Waals surface area contributed by atoms with Crippen LogP contribution in [0.25, 0.3) is 0 Å². The van der Waals surface area contributed by atoms with Crippen LogP contribution in [0.2, 0.25) is 0 Å². The van der Waals surface area contributed by atoms with Crippen LogP contribution in [0.1, 0.15) is 78.6 Å². The van der Waals surface area contributed by atoms with E-state index in [2.05, 4.69) is 37.5 Å². The predicted molar refractivity (Wildman–Crippen MR) is 82.7 cm³/mol. The zero-order valence-corrected chi connectivity index (χ0v) is 12.9. The lowest BCUT2D eigenvalue weighted by Crippen LogP contribution is -2.25. The maximum Gasteiger partial charge on any atom is 0.0945 e. The molecule has 2 nitrogen and oxygen atoms in total. The Morgan fingerprint density at radius 2 is 1.22 bits per heavy atom. The van der Waals surface area contributed by atoms with Crippen LogP contribution in [0.5, 0.6) is 0 Å². The molecule has 2 heteroatoms. The minimum Gasteiger partial charge on any atom is -0.372 e. The smallest absolute Gasteiger partial charge is 0.0945 e. The zero-order valence-electron chi connectivity index (χ0n) is 12.9. The molecule has 0 saturated carbocycles. The van der Waals surface area contributed by atoms with E-state index in [0.29, 0.717) is 0 Å². The van der Waals surface area contributed by atoms with E-state index in [-0.39, 0.29) is 0 Å². The quantitative estimate of drug-likeness (QED) is 0.470. The Morgan fingerprint density at radius 3 is 1.72 bits per heavy atom. The third-order valence-electron chi connectivity index (χ3n) is 3.14. The molecule has 0 aromatic heterocycles. The molecular weight excluding hydrogens is 220 g/mol. The number of rotatable bonds is 13. The van der Waals surface area contributed by atoms with Crippen molar-refractivity contribution in [1.29, 1.82) is 0 Å². The summed E-state index contributed by atoms with van der Waals surface area (Å²) in [4.78, 5) is 0. The second kappa shape index (κ2) is 14.4. The molecule has 0 bridgehead atoms. The molecule has 0 spiro atoms. The van der Waals surface area contributed by atoms with E-state index in [1.807, 2.05) is 0 Å². The van der Waals surface area contributed by atoms with Crippen molar-refractivity contribution in [3.05, 3.63) is 11.9 Å². The van der Waals surface area contributed by atoms with Gasteiger partial charge in [-0.15, -0.1) is 0 Å². The lowest BCUT2D eigenvalue weighted by molar-refractivity contribution is 0.576. The fourth-order valence-electron chi connectivity index (χ4n) is 2.11. The van der Waals surface area contributed by atoms with Gasteiger partial charge >= 0.3 is 0 Å². The van der Waals surface area contributed by atoms with Crippen LogP contribution < -0.4 is 10.6 Å². The average Bonchev–Trinajstić information content (AvgIpc) is 2.37. The largest absolute Gasteiger partial charge is 0.372 e. The van der Waals surface area contributed by atoms with Crippen molar-refractivity contribution < 1.29 is 0 Å². The standard InChI is InChI=1S/C16H34N2/c1-4-7-8-9-10-11-12-13-14-15-16(17-5-2)18-6-3/h15,17-18H,4-14H2,1-3H3. The van der Waals surface area contributed by atoms with Gasteiger partial charge in [-0.1, -0.05) is 51.9 Å². The van der Waals surface area contributed by atoms with Gasteiger partial charge in [0.15, 0.2) is 0 Å². The lowest BCUT2D eigenvalue weighted by Gasteiger charge is -2.10. The molecule has 18 heavy (non-hydrogen) atoms. The first kappa shape index (κ1) is 17.3. The van der Waals surface area contributed by atoms with Gasteiger partial charge in [-0.2, -0.15) is 0 Å². The molecule has 0 aromatic rings. The summed E-state index contributed by atoms with van der Waals surface area (Å²) in [7, 11) is 0. The van der Waals surface area contributed by atoms with Crippen LogP contribution in [-0.4, -0.2) is 13.1 Å². The summed E-state index contributed by atoms with van der Waals surface area (Å²) >= 11 is 0. The van der Waals surface area contributed by atoms with Gasteiger partial charge < -0.3 is 10.6 Å². The van der Waals surface area contributed by atoms with E-state index < -0.39 is 0 Å². The molecule has 0 aliphatic carbocycles. The minimum atomic E-state index is 0.996. The molecule has 108 valence electrons. The summed E-state index contributed by atoms with van der Waals surface area (Å²) in [6.07, 6.45) is 14.7. The first-order valence-electron chi connectivity index (χ1n) is 8.03. The topological polar surface area (TPSA) is 24.1 Å². The van der Waals surface area contributed by atoms with E-state index >= 15 is 0 Å². The van der Waals surface area contributed by atoms with Gasteiger partial charge in [0.25, 0.3) is 0 Å². The fraction of sp³-hybridized carbons (Fsp3) is 0.875. The molecule has 2 N–H and O–H groups in total. The number of hydrogen-bond acceptors (Lipinski definition) is 2. The molecule has 0 heterocycles. The Hall–Kier alpha value is -0.660. The molecule has 0 amide bonds. The van der Waals surface area contributed by atoms with Gasteiger partial charge in [0.05, 0.1) is 5.82 Å². The molecule has 0 fully saturated rings. The summed E-state index contributed by atoms with van der Waals surface area (Å²) < 4.78 is 0. The van der Waals surface area contributed by atoms with Crippen molar-refractivity contribution >= 4 is 0 Å². The highest BCUT2D eigenvalue weighted by atomic mass is 15.1. The van der Waals surface area contributed by atoms with Gasteiger partial charge in [-0.05, 0) is 32.8 Å². The van der Waals surface area contributed by atoms with Crippen molar-refractivity contribution in [1.82, 2.24) is 10.6 Å². The fourth-order valence-corrected chi connectivity index (χ4v) is 2.11. The highest BCUT2D eigenvalue weighted by Gasteiger charge is 1.93. The number of nitrogens with one attached hydrogen (secondary N) is 2. The molecule has 0 saturated heterocycles. The SMILES string of the molecule is CCCCCCCCCCC=C(NCC)NCC. The summed E-state index contributed by atoms with van der Waals surface area (Å²) in [5.41, 5.74) is 0. The maximum absolute atomic E-state index is 3.36. The van der Waals surface area contributed by atoms with E-state index in [1.165, 1.54) is 63.6 Å². The normalized spacial score (nSPS) is 10.2. The van der Waals surface area contributed by atoms with Crippen LogP contribution in [0.15, 0.2) is 11.9 Å². The van der Waals surface area contributed by atoms with Crippen LogP contribution >= 0.6 is 0 Å². The molecule has 0 radical (unpaired) electrons. The average molecular weight is 254 g/mol. The Balaban J connectivity index is 3.38. The molecule has 0 rings (SSSR count). The lowest BCUT2D eigenvalue weighted by atomic mass is 10.1. The monoisotopic (exact) mass is 254 g/mol. The first-order chi connectivity index (χ1) is 8.85. The van der Waals surface area contributed by atoms with Crippen LogP contribution in [0.4, 0.5) is 0 Å². The zero-order chi connectivity index (χ0) is 13.5. The Kier molecular flexibility index (Phi) is 13.9. The highest BCUT2D eigenvalue weighted by molar-refractivity contribution is 4.96. The van der Waals surface area contributed by atoms with Crippen LogP contribution in [0, 0.1) is 0 Å². The van der Waals surface area contributed by atoms with Gasteiger partial charge in [0, 0.05) is 13.1 Å². The van der Waals surface area contributed by atoms with Crippen molar-refractivity contribution in [3.63, 3.8) is 0 Å². The second-order valence-corrected chi connectivity index (χ2v) is 4.94. The Labute approximate surface area is 115 Å². The number of unbranched alkanes of at least 4 members (excludes halogenated alkanes) is 8. The van der Waals surface area contributed by atoms with Crippen molar-refractivity contribution in [2.24, 2.45) is 0 Å². The molecule has 0 atom stereocenters. The third kappa shape index (κ3) is 11.8. The summed E-state index contributed by atoms with van der Waals surface area (Å²) in [6.45, 7) is 8.55. The molecule has 0 aliphatic rings. The molecule has 0 aliphatic heterocycles. The summed E-state index contributed by atoms with van der Waals surface area (Å²) in [6, 6.07) is 0. The first-order valence-corrected chi connectivity index (χ1v) is 8.03. The van der Waals surface area contributed by atoms with Crippen molar-refractivity contribution in [2.75, 3.05) is 13.1 Å². The van der Waals surface area contributed by atoms with E-state index in [9.17, 15) is 0 Å². The summed E-state index contributed by atoms with van der Waals surface area (Å²) in [5.74, 6) is 1.21. The Morgan fingerprint density at radius 1 is 0.722 bits per heavy atom. The third-order valence-corrected chi connectivity index (χ3v) is 3.14. The van der Waals surface area contributed by atoms with Gasteiger partial charge in [0.2, 0.25) is 0 Å². The van der Waals surface area contributed by atoms with Crippen molar-refractivity contribution in [2.45, 2.75) is 78.6 Å². The van der Waals surface area contributed by atoms with E-state index in [0.717, 1.165) is 13.1 Å². The number of allylic oxidation sites excluding steroid dienone is 1. The second-order valence-electron chi connectivity index (χ2n) is 4.94. The van der Waals surface area contributed by atoms with Crippen LogP contribution in [0.3, 0.4) is 0 Å². The summed E-state index contributed by atoms with van der Waals surface area (Å²) in [5, 5.41) is 6.72. The van der Waals surface area contributed by atoms with Gasteiger partial charge in [-0.25, -0.2) is 0 Å². The molecule has 0 unspecified atom stereocenters. The van der Waals surface area contributed by atoms with Crippen molar-refractivity contribution in [3.8, 4) is 0 Å². The maximum atomic E-state index is 3.36. The predicted octanol–water partition coefficient (Wildman–Crippen LogP) is 4.58. The molecular formula is C16H34N2. The van der Waals surface area contributed by atoms with Crippen LogP contribution in [-0.2, 0) is 0 Å². The minimum absolute atomic E-state index is 0.996.